The van der Waals surface area contributed by atoms with Crippen LogP contribution in [0.3, 0.4) is 0 Å². The maximum absolute atomic E-state index is 13.2. The number of nitrogens with zero attached hydrogens (tertiary/aromatic N) is 5. The Bertz CT molecular complexity index is 1410. The smallest absolute Gasteiger partial charge is 0.295 e. The van der Waals surface area contributed by atoms with E-state index in [2.05, 4.69) is 25.8 Å². The van der Waals surface area contributed by atoms with Crippen LogP contribution in [-0.2, 0) is 4.79 Å². The summed E-state index contributed by atoms with van der Waals surface area (Å²) < 4.78 is 16.3. The summed E-state index contributed by atoms with van der Waals surface area (Å²) in [5.74, 6) is -0.781. The predicted molar refractivity (Wildman–Crippen MR) is 131 cm³/mol. The number of benzene rings is 2. The van der Waals surface area contributed by atoms with Gasteiger partial charge in [0.1, 0.15) is 17.7 Å². The standard InChI is InChI=1S/C24H23ClFN7O2/c1-13-11-14(2)32(30-13)15(3)23(34)29-21-10-7-18(12-20(21)25)28-24(35)22-27-16(4)33(31-22)19-8-5-17(26)6-9-19/h5-12,15H,1-4H3,(H,28,35)(H,29,34). The normalized spacial score (nSPS) is 11.8. The molecule has 0 saturated carbocycles. The molecule has 0 bridgehead atoms. The molecule has 35 heavy (non-hydrogen) atoms. The summed E-state index contributed by atoms with van der Waals surface area (Å²) in [7, 11) is 0. The van der Waals surface area contributed by atoms with Crippen LogP contribution in [0.15, 0.2) is 48.5 Å². The Morgan fingerprint density at radius 2 is 1.71 bits per heavy atom. The molecule has 2 heterocycles. The SMILES string of the molecule is Cc1cc(C)n(C(C)C(=O)Nc2ccc(NC(=O)c3nc(C)n(-c4ccc(F)cc4)n3)cc2Cl)n1. The third kappa shape index (κ3) is 5.22. The average molecular weight is 496 g/mol. The monoisotopic (exact) mass is 495 g/mol. The number of anilines is 2. The van der Waals surface area contributed by atoms with Gasteiger partial charge in [0, 0.05) is 11.4 Å². The van der Waals surface area contributed by atoms with Gasteiger partial charge in [-0.05, 0) is 76.2 Å². The van der Waals surface area contributed by atoms with Gasteiger partial charge < -0.3 is 10.6 Å². The quantitative estimate of drug-likeness (QED) is 0.405. The molecule has 11 heteroatoms. The van der Waals surface area contributed by atoms with E-state index in [-0.39, 0.29) is 22.6 Å². The van der Waals surface area contributed by atoms with Gasteiger partial charge in [0.15, 0.2) is 0 Å². The van der Waals surface area contributed by atoms with Crippen LogP contribution in [0.25, 0.3) is 5.69 Å². The molecule has 2 N–H and O–H groups in total. The number of aromatic nitrogens is 5. The van der Waals surface area contributed by atoms with E-state index in [4.69, 9.17) is 11.6 Å². The number of aryl methyl sites for hydroxylation is 3. The first-order valence-electron chi connectivity index (χ1n) is 10.8. The van der Waals surface area contributed by atoms with Crippen LogP contribution < -0.4 is 10.6 Å². The fourth-order valence-corrected chi connectivity index (χ4v) is 3.81. The van der Waals surface area contributed by atoms with E-state index in [1.54, 1.807) is 42.8 Å². The summed E-state index contributed by atoms with van der Waals surface area (Å²) >= 11 is 6.36. The Balaban J connectivity index is 1.45. The maximum Gasteiger partial charge on any atom is 0.295 e. The highest BCUT2D eigenvalue weighted by Gasteiger charge is 2.20. The van der Waals surface area contributed by atoms with Crippen molar-refractivity contribution in [3.63, 3.8) is 0 Å². The van der Waals surface area contributed by atoms with Crippen LogP contribution in [0, 0.1) is 26.6 Å². The number of rotatable bonds is 6. The lowest BCUT2D eigenvalue weighted by atomic mass is 10.2. The highest BCUT2D eigenvalue weighted by molar-refractivity contribution is 6.34. The molecule has 0 spiro atoms. The molecule has 0 saturated heterocycles. The van der Waals surface area contributed by atoms with E-state index in [1.807, 2.05) is 19.9 Å². The number of nitrogens with one attached hydrogen (secondary N) is 2. The molecule has 2 aromatic carbocycles. The van der Waals surface area contributed by atoms with Gasteiger partial charge in [0.25, 0.3) is 5.91 Å². The Kier molecular flexibility index (Phi) is 6.65. The minimum absolute atomic E-state index is 0.0564. The fraction of sp³-hybridized carbons (Fsp3) is 0.208. The number of halogens is 2. The highest BCUT2D eigenvalue weighted by atomic mass is 35.5. The predicted octanol–water partition coefficient (Wildman–Crippen LogP) is 4.63. The second-order valence-corrected chi connectivity index (χ2v) is 8.46. The zero-order chi connectivity index (χ0) is 25.3. The van der Waals surface area contributed by atoms with Gasteiger partial charge in [-0.1, -0.05) is 11.6 Å². The van der Waals surface area contributed by atoms with Gasteiger partial charge in [-0.2, -0.15) is 5.10 Å². The Labute approximate surface area is 205 Å². The summed E-state index contributed by atoms with van der Waals surface area (Å²) in [5, 5.41) is 14.3. The van der Waals surface area contributed by atoms with Gasteiger partial charge in [0.2, 0.25) is 11.7 Å². The van der Waals surface area contributed by atoms with Crippen molar-refractivity contribution in [2.75, 3.05) is 10.6 Å². The molecule has 2 aromatic heterocycles. The van der Waals surface area contributed by atoms with Crippen LogP contribution in [0.2, 0.25) is 5.02 Å². The molecule has 0 aliphatic heterocycles. The molecule has 2 amide bonds. The minimum Gasteiger partial charge on any atom is -0.323 e. The third-order valence-corrected chi connectivity index (χ3v) is 5.63. The first-order valence-corrected chi connectivity index (χ1v) is 11.1. The molecular formula is C24H23ClFN7O2. The summed E-state index contributed by atoms with van der Waals surface area (Å²) in [5.41, 5.74) is 3.08. The van der Waals surface area contributed by atoms with E-state index in [0.717, 1.165) is 11.4 Å². The lowest BCUT2D eigenvalue weighted by Gasteiger charge is -2.15. The first-order chi connectivity index (χ1) is 16.6. The number of hydrogen-bond donors (Lipinski definition) is 2. The summed E-state index contributed by atoms with van der Waals surface area (Å²) in [6.07, 6.45) is 0. The minimum atomic E-state index is -0.542. The van der Waals surface area contributed by atoms with Gasteiger partial charge in [0.05, 0.1) is 22.1 Å². The van der Waals surface area contributed by atoms with Crippen molar-refractivity contribution in [2.24, 2.45) is 0 Å². The number of carbonyl (C=O) groups is 2. The van der Waals surface area contributed by atoms with Gasteiger partial charge in [-0.3, -0.25) is 14.3 Å². The summed E-state index contributed by atoms with van der Waals surface area (Å²) in [6.45, 7) is 7.18. The van der Waals surface area contributed by atoms with Crippen molar-refractivity contribution in [3.05, 3.63) is 82.4 Å². The molecule has 1 atom stereocenters. The van der Waals surface area contributed by atoms with Crippen molar-refractivity contribution in [2.45, 2.75) is 33.7 Å². The lowest BCUT2D eigenvalue weighted by Crippen LogP contribution is -2.25. The maximum atomic E-state index is 13.2. The van der Waals surface area contributed by atoms with Crippen LogP contribution in [0.5, 0.6) is 0 Å². The highest BCUT2D eigenvalue weighted by Crippen LogP contribution is 2.27. The van der Waals surface area contributed by atoms with Crippen LogP contribution in [0.4, 0.5) is 15.8 Å². The topological polar surface area (TPSA) is 107 Å². The van der Waals surface area contributed by atoms with Crippen LogP contribution in [-0.4, -0.2) is 36.4 Å². The Morgan fingerprint density at radius 3 is 2.34 bits per heavy atom. The van der Waals surface area contributed by atoms with Crippen molar-refractivity contribution in [1.82, 2.24) is 24.5 Å². The summed E-state index contributed by atoms with van der Waals surface area (Å²) in [6, 6.07) is 11.8. The molecule has 180 valence electrons. The van der Waals surface area contributed by atoms with E-state index < -0.39 is 11.9 Å². The molecular weight excluding hydrogens is 473 g/mol. The number of amides is 2. The van der Waals surface area contributed by atoms with Gasteiger partial charge >= 0.3 is 0 Å². The zero-order valence-corrected chi connectivity index (χ0v) is 20.3. The number of hydrogen-bond acceptors (Lipinski definition) is 5. The Hall–Kier alpha value is -4.05. The van der Waals surface area contributed by atoms with E-state index in [9.17, 15) is 14.0 Å². The van der Waals surface area contributed by atoms with Crippen molar-refractivity contribution >= 4 is 34.8 Å². The van der Waals surface area contributed by atoms with E-state index in [0.29, 0.717) is 22.9 Å². The van der Waals surface area contributed by atoms with E-state index >= 15 is 0 Å². The van der Waals surface area contributed by atoms with Gasteiger partial charge in [-0.15, -0.1) is 5.10 Å². The lowest BCUT2D eigenvalue weighted by molar-refractivity contribution is -0.119. The van der Waals surface area contributed by atoms with Crippen molar-refractivity contribution < 1.29 is 14.0 Å². The molecule has 0 aliphatic rings. The molecule has 1 unspecified atom stereocenters. The van der Waals surface area contributed by atoms with Crippen LogP contribution in [0.1, 0.15) is 40.8 Å². The second kappa shape index (κ2) is 9.67. The third-order valence-electron chi connectivity index (χ3n) is 5.32. The van der Waals surface area contributed by atoms with Gasteiger partial charge in [-0.25, -0.2) is 14.1 Å². The largest absolute Gasteiger partial charge is 0.323 e. The van der Waals surface area contributed by atoms with E-state index in [1.165, 1.54) is 22.9 Å². The molecule has 9 nitrogen and oxygen atoms in total. The average Bonchev–Trinajstić information content (AvgIpc) is 3.36. The molecule has 0 aliphatic carbocycles. The van der Waals surface area contributed by atoms with Crippen molar-refractivity contribution in [3.8, 4) is 5.69 Å². The van der Waals surface area contributed by atoms with Crippen LogP contribution >= 0.6 is 11.6 Å². The summed E-state index contributed by atoms with van der Waals surface area (Å²) in [4.78, 5) is 29.6. The zero-order valence-electron chi connectivity index (χ0n) is 19.5. The first kappa shape index (κ1) is 24.1. The molecule has 0 fully saturated rings. The Morgan fingerprint density at radius 1 is 1.00 bits per heavy atom. The van der Waals surface area contributed by atoms with Crippen molar-refractivity contribution in [1.29, 1.82) is 0 Å². The molecule has 4 rings (SSSR count). The molecule has 0 radical (unpaired) electrons. The molecule has 4 aromatic rings. The fourth-order valence-electron chi connectivity index (χ4n) is 3.58. The second-order valence-electron chi connectivity index (χ2n) is 8.06. The number of carbonyl (C=O) groups excluding carboxylic acids is 2.